The molecule has 170 valence electrons. The topological polar surface area (TPSA) is 73.2 Å². The maximum atomic E-state index is 13.6. The molecular formula is C26H19Cl2N3O2S. The summed E-state index contributed by atoms with van der Waals surface area (Å²) in [7, 11) is 0. The second-order valence-electron chi connectivity index (χ2n) is 7.58. The van der Waals surface area contributed by atoms with E-state index in [1.54, 1.807) is 48.5 Å². The molecule has 8 heteroatoms. The molecule has 2 amide bonds. The first-order valence-electron chi connectivity index (χ1n) is 10.4. The average Bonchev–Trinajstić information content (AvgIpc) is 3.13. The number of anilines is 2. The van der Waals surface area contributed by atoms with Crippen molar-refractivity contribution in [1.82, 2.24) is 0 Å². The van der Waals surface area contributed by atoms with Crippen LogP contribution in [-0.4, -0.2) is 17.1 Å². The average molecular weight is 508 g/mol. The summed E-state index contributed by atoms with van der Waals surface area (Å²) < 4.78 is 0. The molecule has 0 saturated carbocycles. The molecule has 34 heavy (non-hydrogen) atoms. The van der Waals surface area contributed by atoms with Crippen molar-refractivity contribution in [2.45, 2.75) is 18.6 Å². The Labute approximate surface area is 212 Å². The van der Waals surface area contributed by atoms with Gasteiger partial charge in [0.05, 0.1) is 10.9 Å². The van der Waals surface area contributed by atoms with Crippen LogP contribution in [-0.2, 0) is 16.0 Å². The number of nitrogens with zero attached hydrogens (tertiary/aromatic N) is 2. The van der Waals surface area contributed by atoms with E-state index in [0.29, 0.717) is 27.0 Å². The van der Waals surface area contributed by atoms with Gasteiger partial charge in [-0.25, -0.2) is 0 Å². The van der Waals surface area contributed by atoms with Crippen LogP contribution in [0.2, 0.25) is 10.0 Å². The van der Waals surface area contributed by atoms with Gasteiger partial charge < -0.3 is 5.32 Å². The quantitative estimate of drug-likeness (QED) is 0.321. The summed E-state index contributed by atoms with van der Waals surface area (Å²) in [5.41, 5.74) is 2.51. The minimum atomic E-state index is -0.611. The van der Waals surface area contributed by atoms with E-state index >= 15 is 0 Å². The molecule has 1 saturated heterocycles. The van der Waals surface area contributed by atoms with E-state index in [9.17, 15) is 14.9 Å². The fourth-order valence-electron chi connectivity index (χ4n) is 3.65. The number of benzene rings is 3. The molecule has 0 spiro atoms. The number of aryl methyl sites for hydroxylation is 1. The van der Waals surface area contributed by atoms with Crippen LogP contribution in [0.4, 0.5) is 11.4 Å². The van der Waals surface area contributed by atoms with Gasteiger partial charge >= 0.3 is 0 Å². The molecule has 0 unspecified atom stereocenters. The zero-order chi connectivity index (χ0) is 24.2. The molecule has 3 aromatic carbocycles. The zero-order valence-electron chi connectivity index (χ0n) is 18.1. The van der Waals surface area contributed by atoms with E-state index in [0.717, 1.165) is 5.56 Å². The highest BCUT2D eigenvalue weighted by Gasteiger charge is 2.41. The van der Waals surface area contributed by atoms with Gasteiger partial charge in [0.2, 0.25) is 5.91 Å². The summed E-state index contributed by atoms with van der Waals surface area (Å²) in [5, 5.41) is 13.3. The Kier molecular flexibility index (Phi) is 7.28. The first kappa shape index (κ1) is 23.9. The molecule has 1 atom stereocenters. The Morgan fingerprint density at radius 2 is 1.68 bits per heavy atom. The number of carbonyl (C=O) groups is 2. The van der Waals surface area contributed by atoms with Gasteiger partial charge in [-0.3, -0.25) is 14.5 Å². The van der Waals surface area contributed by atoms with Crippen molar-refractivity contribution in [1.29, 1.82) is 5.26 Å². The second kappa shape index (κ2) is 10.4. The fourth-order valence-corrected chi connectivity index (χ4v) is 5.47. The number of para-hydroxylation sites is 2. The van der Waals surface area contributed by atoms with Gasteiger partial charge in [0.25, 0.3) is 5.91 Å². The van der Waals surface area contributed by atoms with Crippen molar-refractivity contribution in [2.24, 2.45) is 0 Å². The van der Waals surface area contributed by atoms with E-state index in [1.807, 2.05) is 37.3 Å². The highest BCUT2D eigenvalue weighted by Crippen LogP contribution is 2.44. The molecule has 3 aromatic rings. The van der Waals surface area contributed by atoms with E-state index in [4.69, 9.17) is 23.2 Å². The summed E-state index contributed by atoms with van der Waals surface area (Å²) >= 11 is 13.9. The molecule has 0 aromatic heterocycles. The highest BCUT2D eigenvalue weighted by atomic mass is 35.5. The molecule has 0 bridgehead atoms. The van der Waals surface area contributed by atoms with E-state index in [-0.39, 0.29) is 22.9 Å². The lowest BCUT2D eigenvalue weighted by molar-refractivity contribution is -0.117. The SMILES string of the molecule is Cc1ccccc1N1C(=O)[C@@H](Cc2c(Cl)cccc2Cl)S/C1=C(/C#N)C(=O)Nc1ccccc1. The highest BCUT2D eigenvalue weighted by molar-refractivity contribution is 8.05. The summed E-state index contributed by atoms with van der Waals surface area (Å²) in [4.78, 5) is 28.2. The molecule has 1 heterocycles. The predicted octanol–water partition coefficient (Wildman–Crippen LogP) is 6.37. The number of nitrogens with one attached hydrogen (secondary N) is 1. The Balaban J connectivity index is 1.78. The third-order valence-corrected chi connectivity index (χ3v) is 7.32. The third-order valence-electron chi connectivity index (χ3n) is 5.34. The summed E-state index contributed by atoms with van der Waals surface area (Å²) in [6, 6.07) is 23.4. The van der Waals surface area contributed by atoms with Crippen molar-refractivity contribution in [2.75, 3.05) is 10.2 Å². The predicted molar refractivity (Wildman–Crippen MR) is 138 cm³/mol. The van der Waals surface area contributed by atoms with Gasteiger partial charge in [0.1, 0.15) is 16.7 Å². The lowest BCUT2D eigenvalue weighted by Gasteiger charge is -2.20. The molecule has 1 aliphatic rings. The van der Waals surface area contributed by atoms with Gasteiger partial charge in [-0.2, -0.15) is 5.26 Å². The Morgan fingerprint density at radius 1 is 1.03 bits per heavy atom. The molecule has 4 rings (SSSR count). The minimum absolute atomic E-state index is 0.141. The van der Waals surface area contributed by atoms with Crippen LogP contribution >= 0.6 is 35.0 Å². The van der Waals surface area contributed by atoms with Crippen molar-refractivity contribution >= 4 is 58.2 Å². The molecule has 1 N–H and O–H groups in total. The molecule has 0 aliphatic carbocycles. The number of thioether (sulfide) groups is 1. The Hall–Kier alpha value is -3.24. The number of rotatable bonds is 5. The molecule has 5 nitrogen and oxygen atoms in total. The van der Waals surface area contributed by atoms with E-state index in [1.165, 1.54) is 16.7 Å². The first-order valence-corrected chi connectivity index (χ1v) is 12.0. The molecule has 1 aliphatic heterocycles. The van der Waals surface area contributed by atoms with Gasteiger partial charge in [-0.05, 0) is 54.8 Å². The first-order chi connectivity index (χ1) is 16.4. The van der Waals surface area contributed by atoms with Crippen LogP contribution in [0.15, 0.2) is 83.4 Å². The number of nitriles is 1. The molecule has 1 fully saturated rings. The van der Waals surface area contributed by atoms with E-state index < -0.39 is 11.2 Å². The standard InChI is InChI=1S/C26H19Cl2N3O2S/c1-16-8-5-6-13-22(16)31-25(33)23(14-18-20(27)11-7-12-21(18)28)34-26(31)19(15-29)24(32)30-17-9-3-2-4-10-17/h2-13,23H,14H2,1H3,(H,30,32)/b26-19-/t23-/m1/s1. The summed E-state index contributed by atoms with van der Waals surface area (Å²) in [5.74, 6) is -0.829. The number of halogens is 2. The maximum absolute atomic E-state index is 13.6. The second-order valence-corrected chi connectivity index (χ2v) is 9.59. The number of carbonyl (C=O) groups excluding carboxylic acids is 2. The van der Waals surface area contributed by atoms with Crippen LogP contribution in [0.25, 0.3) is 0 Å². The van der Waals surface area contributed by atoms with Crippen molar-refractivity contribution in [3.8, 4) is 6.07 Å². The van der Waals surface area contributed by atoms with Gasteiger partial charge in [0, 0.05) is 15.7 Å². The van der Waals surface area contributed by atoms with Gasteiger partial charge in [-0.15, -0.1) is 0 Å². The van der Waals surface area contributed by atoms with Crippen LogP contribution in [0.3, 0.4) is 0 Å². The number of amides is 2. The van der Waals surface area contributed by atoms with Crippen LogP contribution < -0.4 is 10.2 Å². The smallest absolute Gasteiger partial charge is 0.269 e. The fraction of sp³-hybridized carbons (Fsp3) is 0.115. The molecular weight excluding hydrogens is 489 g/mol. The van der Waals surface area contributed by atoms with E-state index in [2.05, 4.69) is 5.32 Å². The number of hydrogen-bond donors (Lipinski definition) is 1. The lowest BCUT2D eigenvalue weighted by atomic mass is 10.1. The van der Waals surface area contributed by atoms with Crippen LogP contribution in [0.5, 0.6) is 0 Å². The largest absolute Gasteiger partial charge is 0.321 e. The normalized spacial score (nSPS) is 16.8. The zero-order valence-corrected chi connectivity index (χ0v) is 20.4. The Bertz CT molecular complexity index is 1320. The van der Waals surface area contributed by atoms with Crippen LogP contribution in [0, 0.1) is 18.3 Å². The minimum Gasteiger partial charge on any atom is -0.321 e. The summed E-state index contributed by atoms with van der Waals surface area (Å²) in [6.45, 7) is 1.87. The van der Waals surface area contributed by atoms with Crippen molar-refractivity contribution in [3.63, 3.8) is 0 Å². The van der Waals surface area contributed by atoms with Crippen molar-refractivity contribution in [3.05, 3.63) is 105 Å². The van der Waals surface area contributed by atoms with Gasteiger partial charge in [0.15, 0.2) is 0 Å². The number of hydrogen-bond acceptors (Lipinski definition) is 4. The maximum Gasteiger partial charge on any atom is 0.269 e. The summed E-state index contributed by atoms with van der Waals surface area (Å²) in [6.07, 6.45) is 0.257. The van der Waals surface area contributed by atoms with Gasteiger partial charge in [-0.1, -0.05) is 77.4 Å². The Morgan fingerprint density at radius 3 is 2.32 bits per heavy atom. The van der Waals surface area contributed by atoms with Crippen molar-refractivity contribution < 1.29 is 9.59 Å². The molecule has 0 radical (unpaired) electrons. The monoisotopic (exact) mass is 507 g/mol. The lowest BCUT2D eigenvalue weighted by Crippen LogP contribution is -2.31. The third kappa shape index (κ3) is 4.83. The van der Waals surface area contributed by atoms with Crippen LogP contribution in [0.1, 0.15) is 11.1 Å².